The van der Waals surface area contributed by atoms with Crippen LogP contribution in [-0.2, 0) is 18.0 Å². The van der Waals surface area contributed by atoms with Gasteiger partial charge in [0.15, 0.2) is 0 Å². The van der Waals surface area contributed by atoms with Crippen LogP contribution in [0.15, 0.2) is 60.8 Å². The summed E-state index contributed by atoms with van der Waals surface area (Å²) in [5.41, 5.74) is 3.17. The van der Waals surface area contributed by atoms with E-state index in [-0.39, 0.29) is 11.9 Å². The number of nitrogens with one attached hydrogen (secondary N) is 2. The Balaban J connectivity index is 1.27. The lowest BCUT2D eigenvalue weighted by atomic mass is 10.0. The molecule has 5 rings (SSSR count). The topological polar surface area (TPSA) is 73.2 Å². The Morgan fingerprint density at radius 1 is 1.11 bits per heavy atom. The molecule has 0 spiro atoms. The summed E-state index contributed by atoms with van der Waals surface area (Å²) in [5.74, 6) is 1.34. The highest BCUT2D eigenvalue weighted by Crippen LogP contribution is 2.31. The highest BCUT2D eigenvalue weighted by molar-refractivity contribution is 5.82. The fraction of sp³-hybridized carbons (Fsp3) is 0.308. The lowest BCUT2D eigenvalue weighted by Crippen LogP contribution is -2.40. The van der Waals surface area contributed by atoms with Crippen LogP contribution in [0.5, 0.6) is 11.6 Å². The fourth-order valence-electron chi connectivity index (χ4n) is 4.04. The van der Waals surface area contributed by atoms with Crippen LogP contribution in [0.4, 0.5) is 24.8 Å². The van der Waals surface area contributed by atoms with Crippen molar-refractivity contribution < 1.29 is 22.6 Å². The second-order valence-corrected chi connectivity index (χ2v) is 8.74. The number of hydrogen-bond acceptors (Lipinski definition) is 6. The Hall–Kier alpha value is -3.79. The van der Waals surface area contributed by atoms with Crippen LogP contribution in [0.1, 0.15) is 30.5 Å². The van der Waals surface area contributed by atoms with Gasteiger partial charge >= 0.3 is 6.18 Å². The first-order valence-corrected chi connectivity index (χ1v) is 11.7. The molecular formula is C26H26F3N5O2. The van der Waals surface area contributed by atoms with Gasteiger partial charge in [-0.3, -0.25) is 0 Å². The highest BCUT2D eigenvalue weighted by atomic mass is 19.4. The summed E-state index contributed by atoms with van der Waals surface area (Å²) in [6.45, 7) is 3.53. The number of alkyl halides is 3. The van der Waals surface area contributed by atoms with E-state index < -0.39 is 11.7 Å². The Morgan fingerprint density at radius 3 is 2.50 bits per heavy atom. The van der Waals surface area contributed by atoms with Gasteiger partial charge in [-0.05, 0) is 48.4 Å². The monoisotopic (exact) mass is 497 g/mol. The van der Waals surface area contributed by atoms with Crippen molar-refractivity contribution in [2.45, 2.75) is 31.6 Å². The number of pyridine rings is 1. The summed E-state index contributed by atoms with van der Waals surface area (Å²) >= 11 is 0. The Kier molecular flexibility index (Phi) is 6.44. The molecule has 0 amide bonds. The van der Waals surface area contributed by atoms with Crippen LogP contribution in [0.2, 0.25) is 0 Å². The number of halogens is 3. The Morgan fingerprint density at radius 2 is 1.89 bits per heavy atom. The number of hydrogen-bond donors (Lipinski definition) is 2. The number of benzene rings is 2. The van der Waals surface area contributed by atoms with E-state index in [9.17, 15) is 13.2 Å². The molecule has 0 bridgehead atoms. The molecule has 36 heavy (non-hydrogen) atoms. The first-order chi connectivity index (χ1) is 17.3. The van der Waals surface area contributed by atoms with Crippen molar-refractivity contribution in [3.05, 3.63) is 71.9 Å². The molecule has 0 aliphatic carbocycles. The number of imidazole rings is 1. The highest BCUT2D eigenvalue weighted by Gasteiger charge is 2.30. The van der Waals surface area contributed by atoms with Crippen molar-refractivity contribution >= 4 is 22.7 Å². The number of anilines is 2. The van der Waals surface area contributed by atoms with Crippen molar-refractivity contribution in [2.75, 3.05) is 23.8 Å². The number of aryl methyl sites for hydroxylation is 1. The standard InChI is InChI=1S/C26H26F3N5O2/c1-3-21(16-4-8-20(9-5-16)36-24-11-6-17(13-30-24)26(27,28)29)32-25-33-22-10-7-18(12-23(22)34(25)2)31-19-14-35-15-19/h4-13,19,21,31H,3,14-15H2,1-2H3,(H,32,33). The zero-order chi connectivity index (χ0) is 25.3. The molecule has 1 unspecified atom stereocenters. The van der Waals surface area contributed by atoms with Crippen LogP contribution >= 0.6 is 0 Å². The van der Waals surface area contributed by atoms with E-state index in [1.165, 1.54) is 6.07 Å². The minimum Gasteiger partial charge on any atom is -0.439 e. The third-order valence-corrected chi connectivity index (χ3v) is 6.17. The normalized spacial score (nSPS) is 14.9. The molecule has 1 aliphatic rings. The Bertz CT molecular complexity index is 1330. The second-order valence-electron chi connectivity index (χ2n) is 8.74. The molecule has 1 aliphatic heterocycles. The van der Waals surface area contributed by atoms with Crippen LogP contribution in [0.25, 0.3) is 11.0 Å². The van der Waals surface area contributed by atoms with E-state index in [1.54, 1.807) is 12.1 Å². The van der Waals surface area contributed by atoms with E-state index in [0.717, 1.165) is 60.1 Å². The maximum absolute atomic E-state index is 12.7. The largest absolute Gasteiger partial charge is 0.439 e. The van der Waals surface area contributed by atoms with Crippen LogP contribution in [0, 0.1) is 0 Å². The number of ether oxygens (including phenoxy) is 2. The molecule has 1 saturated heterocycles. The minimum absolute atomic E-state index is 0.00322. The first kappa shape index (κ1) is 23.9. The fourth-order valence-corrected chi connectivity index (χ4v) is 4.04. The summed E-state index contributed by atoms with van der Waals surface area (Å²) in [5, 5.41) is 6.99. The minimum atomic E-state index is -4.43. The molecule has 10 heteroatoms. The number of aromatic nitrogens is 3. The molecule has 2 aromatic heterocycles. The average molecular weight is 498 g/mol. The third kappa shape index (κ3) is 5.08. The van der Waals surface area contributed by atoms with Gasteiger partial charge in [-0.1, -0.05) is 19.1 Å². The van der Waals surface area contributed by atoms with Gasteiger partial charge in [-0.15, -0.1) is 0 Å². The van der Waals surface area contributed by atoms with Gasteiger partial charge in [0.2, 0.25) is 11.8 Å². The molecule has 7 nitrogen and oxygen atoms in total. The maximum atomic E-state index is 12.7. The van der Waals surface area contributed by atoms with Crippen molar-refractivity contribution in [3.63, 3.8) is 0 Å². The van der Waals surface area contributed by atoms with Gasteiger partial charge < -0.3 is 24.7 Å². The van der Waals surface area contributed by atoms with E-state index in [4.69, 9.17) is 14.5 Å². The summed E-state index contributed by atoms with van der Waals surface area (Å²) in [6, 6.07) is 16.0. The predicted molar refractivity (Wildman–Crippen MR) is 131 cm³/mol. The molecule has 2 N–H and O–H groups in total. The molecular weight excluding hydrogens is 471 g/mol. The van der Waals surface area contributed by atoms with Crippen LogP contribution in [0.3, 0.4) is 0 Å². The number of rotatable bonds is 8. The van der Waals surface area contributed by atoms with E-state index >= 15 is 0 Å². The van der Waals surface area contributed by atoms with Crippen LogP contribution < -0.4 is 15.4 Å². The first-order valence-electron chi connectivity index (χ1n) is 11.7. The molecule has 1 atom stereocenters. The van der Waals surface area contributed by atoms with Crippen molar-refractivity contribution in [2.24, 2.45) is 7.05 Å². The summed E-state index contributed by atoms with van der Waals surface area (Å²) in [6.07, 6.45) is -2.85. The van der Waals surface area contributed by atoms with E-state index in [1.807, 2.05) is 35.9 Å². The maximum Gasteiger partial charge on any atom is 0.417 e. The lowest BCUT2D eigenvalue weighted by Gasteiger charge is -2.27. The van der Waals surface area contributed by atoms with Gasteiger partial charge in [-0.25, -0.2) is 9.97 Å². The molecule has 1 fully saturated rings. The smallest absolute Gasteiger partial charge is 0.417 e. The zero-order valence-electron chi connectivity index (χ0n) is 19.8. The van der Waals surface area contributed by atoms with Gasteiger partial charge in [0, 0.05) is 25.0 Å². The summed E-state index contributed by atoms with van der Waals surface area (Å²) in [7, 11) is 1.98. The molecule has 0 radical (unpaired) electrons. The van der Waals surface area contributed by atoms with Crippen LogP contribution in [-0.4, -0.2) is 33.8 Å². The second kappa shape index (κ2) is 9.69. The van der Waals surface area contributed by atoms with Gasteiger partial charge in [0.25, 0.3) is 0 Å². The average Bonchev–Trinajstić information content (AvgIpc) is 3.15. The lowest BCUT2D eigenvalue weighted by molar-refractivity contribution is -0.137. The quantitative estimate of drug-likeness (QED) is 0.304. The number of nitrogens with zero attached hydrogens (tertiary/aromatic N) is 3. The molecule has 3 heterocycles. The SMILES string of the molecule is CCC(Nc1nc2ccc(NC3COC3)cc2n1C)c1ccc(Oc2ccc(C(F)(F)F)cn2)cc1. The van der Waals surface area contributed by atoms with Gasteiger partial charge in [0.1, 0.15) is 5.75 Å². The van der Waals surface area contributed by atoms with E-state index in [0.29, 0.717) is 11.8 Å². The number of fused-ring (bicyclic) bond motifs is 1. The van der Waals surface area contributed by atoms with E-state index in [2.05, 4.69) is 28.6 Å². The zero-order valence-corrected chi connectivity index (χ0v) is 19.8. The van der Waals surface area contributed by atoms with Crippen molar-refractivity contribution in [3.8, 4) is 11.6 Å². The molecule has 2 aromatic carbocycles. The third-order valence-electron chi connectivity index (χ3n) is 6.17. The molecule has 0 saturated carbocycles. The van der Waals surface area contributed by atoms with Gasteiger partial charge in [-0.2, -0.15) is 13.2 Å². The predicted octanol–water partition coefficient (Wildman–Crippen LogP) is 6.15. The summed E-state index contributed by atoms with van der Waals surface area (Å²) < 4.78 is 51.0. The molecule has 4 aromatic rings. The van der Waals surface area contributed by atoms with Crippen molar-refractivity contribution in [1.29, 1.82) is 0 Å². The summed E-state index contributed by atoms with van der Waals surface area (Å²) in [4.78, 5) is 8.52. The van der Waals surface area contributed by atoms with Gasteiger partial charge in [0.05, 0.1) is 41.9 Å². The Labute approximate surface area is 206 Å². The van der Waals surface area contributed by atoms with Crippen molar-refractivity contribution in [1.82, 2.24) is 14.5 Å². The molecule has 188 valence electrons.